The van der Waals surface area contributed by atoms with Crippen LogP contribution in [0, 0.1) is 11.3 Å². The minimum atomic E-state index is -0.422. The Morgan fingerprint density at radius 3 is 2.74 bits per heavy atom. The fourth-order valence-electron chi connectivity index (χ4n) is 1.95. The highest BCUT2D eigenvalue weighted by atomic mass is 16.5. The molecule has 0 atom stereocenters. The number of hydrogen-bond donors (Lipinski definition) is 1. The van der Waals surface area contributed by atoms with Crippen molar-refractivity contribution in [2.24, 2.45) is 0 Å². The normalized spacial score (nSPS) is 10.8. The van der Waals surface area contributed by atoms with Gasteiger partial charge in [-0.25, -0.2) is 0 Å². The van der Waals surface area contributed by atoms with Gasteiger partial charge in [0.2, 0.25) is 0 Å². The molecule has 1 N–H and O–H groups in total. The molecule has 0 aliphatic heterocycles. The number of amides is 1. The highest BCUT2D eigenvalue weighted by Gasteiger charge is 2.12. The van der Waals surface area contributed by atoms with Crippen LogP contribution in [0.15, 0.2) is 23.8 Å². The Hall–Kier alpha value is -2.52. The Morgan fingerprint density at radius 1 is 1.35 bits per heavy atom. The number of carbonyl (C=O) groups excluding carboxylic acids is 1. The molecular weight excluding hydrogens is 296 g/mol. The molecule has 124 valence electrons. The van der Waals surface area contributed by atoms with E-state index in [1.165, 1.54) is 20.3 Å². The van der Waals surface area contributed by atoms with Crippen LogP contribution in [0.25, 0.3) is 6.08 Å². The first-order chi connectivity index (χ1) is 11.2. The zero-order valence-electron chi connectivity index (χ0n) is 13.7. The number of hydrogen-bond acceptors (Lipinski definition) is 5. The van der Waals surface area contributed by atoms with Gasteiger partial charge in [0.1, 0.15) is 11.6 Å². The van der Waals surface area contributed by atoms with Crippen molar-refractivity contribution in [1.82, 2.24) is 5.32 Å². The van der Waals surface area contributed by atoms with E-state index in [1.54, 1.807) is 18.2 Å². The number of methoxy groups -OCH3 is 2. The molecule has 1 aromatic carbocycles. The number of para-hydroxylation sites is 1. The predicted molar refractivity (Wildman–Crippen MR) is 87.3 cm³/mol. The largest absolute Gasteiger partial charge is 0.493 e. The van der Waals surface area contributed by atoms with Gasteiger partial charge in [0, 0.05) is 25.3 Å². The summed E-state index contributed by atoms with van der Waals surface area (Å²) in [7, 11) is 3.04. The van der Waals surface area contributed by atoms with Crippen LogP contribution in [0.1, 0.15) is 18.9 Å². The topological polar surface area (TPSA) is 80.6 Å². The predicted octanol–water partition coefficient (Wildman–Crippen LogP) is 2.15. The van der Waals surface area contributed by atoms with Gasteiger partial charge in [-0.1, -0.05) is 12.1 Å². The van der Waals surface area contributed by atoms with E-state index in [1.807, 2.05) is 13.0 Å². The second-order valence-electron chi connectivity index (χ2n) is 4.56. The van der Waals surface area contributed by atoms with Gasteiger partial charge in [0.05, 0.1) is 14.2 Å². The number of ether oxygens (including phenoxy) is 3. The maximum atomic E-state index is 12.1. The van der Waals surface area contributed by atoms with Crippen LogP contribution in [-0.2, 0) is 9.53 Å². The quantitative estimate of drug-likeness (QED) is 0.429. The molecule has 6 heteroatoms. The van der Waals surface area contributed by atoms with Crippen LogP contribution >= 0.6 is 0 Å². The molecule has 0 spiro atoms. The highest BCUT2D eigenvalue weighted by Crippen LogP contribution is 2.32. The first kappa shape index (κ1) is 18.5. The van der Waals surface area contributed by atoms with Gasteiger partial charge in [-0.05, 0) is 25.5 Å². The second-order valence-corrected chi connectivity index (χ2v) is 4.56. The molecule has 0 fully saturated rings. The van der Waals surface area contributed by atoms with Gasteiger partial charge in [-0.15, -0.1) is 0 Å². The van der Waals surface area contributed by atoms with Gasteiger partial charge < -0.3 is 19.5 Å². The van der Waals surface area contributed by atoms with E-state index in [-0.39, 0.29) is 5.57 Å². The van der Waals surface area contributed by atoms with Crippen molar-refractivity contribution in [2.75, 3.05) is 34.0 Å². The number of nitrogens with one attached hydrogen (secondary N) is 1. The van der Waals surface area contributed by atoms with Crippen LogP contribution in [-0.4, -0.2) is 39.9 Å². The molecule has 0 heterocycles. The average Bonchev–Trinajstić information content (AvgIpc) is 2.58. The molecule has 0 aliphatic carbocycles. The summed E-state index contributed by atoms with van der Waals surface area (Å²) in [5, 5.41) is 11.9. The van der Waals surface area contributed by atoms with Crippen LogP contribution < -0.4 is 14.8 Å². The minimum Gasteiger partial charge on any atom is -0.493 e. The summed E-state index contributed by atoms with van der Waals surface area (Å²) >= 11 is 0. The molecule has 1 amide bonds. The van der Waals surface area contributed by atoms with Crippen molar-refractivity contribution in [2.45, 2.75) is 13.3 Å². The zero-order chi connectivity index (χ0) is 17.1. The van der Waals surface area contributed by atoms with Crippen LogP contribution in [0.5, 0.6) is 11.5 Å². The SMILES string of the molecule is CCOCCCNC(=O)/C(C#N)=C/c1cccc(OC)c1OC. The van der Waals surface area contributed by atoms with Crippen molar-refractivity contribution in [3.8, 4) is 17.6 Å². The maximum Gasteiger partial charge on any atom is 0.261 e. The number of benzene rings is 1. The van der Waals surface area contributed by atoms with E-state index in [0.29, 0.717) is 43.2 Å². The summed E-state index contributed by atoms with van der Waals surface area (Å²) in [6.45, 7) is 3.59. The Labute approximate surface area is 136 Å². The molecule has 6 nitrogen and oxygen atoms in total. The van der Waals surface area contributed by atoms with Crippen LogP contribution in [0.3, 0.4) is 0 Å². The third kappa shape index (κ3) is 5.64. The summed E-state index contributed by atoms with van der Waals surface area (Å²) < 4.78 is 15.7. The van der Waals surface area contributed by atoms with Crippen LogP contribution in [0.4, 0.5) is 0 Å². The molecule has 0 aliphatic rings. The fraction of sp³-hybridized carbons (Fsp3) is 0.412. The Morgan fingerprint density at radius 2 is 2.13 bits per heavy atom. The minimum absolute atomic E-state index is 0.00737. The lowest BCUT2D eigenvalue weighted by molar-refractivity contribution is -0.117. The summed E-state index contributed by atoms with van der Waals surface area (Å²) in [4.78, 5) is 12.1. The van der Waals surface area contributed by atoms with Crippen molar-refractivity contribution in [3.63, 3.8) is 0 Å². The van der Waals surface area contributed by atoms with Crippen LogP contribution in [0.2, 0.25) is 0 Å². The molecule has 0 unspecified atom stereocenters. The van der Waals surface area contributed by atoms with E-state index in [0.717, 1.165) is 0 Å². The highest BCUT2D eigenvalue weighted by molar-refractivity contribution is 6.02. The Bertz CT molecular complexity index is 591. The van der Waals surface area contributed by atoms with Gasteiger partial charge in [0.25, 0.3) is 5.91 Å². The molecule has 0 radical (unpaired) electrons. The fourth-order valence-corrected chi connectivity index (χ4v) is 1.95. The van der Waals surface area contributed by atoms with Gasteiger partial charge in [0.15, 0.2) is 11.5 Å². The number of carbonyl (C=O) groups is 1. The maximum absolute atomic E-state index is 12.1. The summed E-state index contributed by atoms with van der Waals surface area (Å²) in [5.41, 5.74) is 0.612. The third-order valence-electron chi connectivity index (χ3n) is 3.05. The van der Waals surface area contributed by atoms with E-state index in [4.69, 9.17) is 14.2 Å². The number of nitriles is 1. The monoisotopic (exact) mass is 318 g/mol. The molecule has 1 rings (SSSR count). The first-order valence-corrected chi connectivity index (χ1v) is 7.36. The molecular formula is C17H22N2O4. The first-order valence-electron chi connectivity index (χ1n) is 7.36. The molecule has 0 aromatic heterocycles. The molecule has 1 aromatic rings. The molecule has 0 saturated carbocycles. The average molecular weight is 318 g/mol. The van der Waals surface area contributed by atoms with Crippen molar-refractivity contribution in [1.29, 1.82) is 5.26 Å². The van der Waals surface area contributed by atoms with Crippen molar-refractivity contribution < 1.29 is 19.0 Å². The van der Waals surface area contributed by atoms with Crippen molar-refractivity contribution >= 4 is 12.0 Å². The zero-order valence-corrected chi connectivity index (χ0v) is 13.7. The number of nitrogens with zero attached hydrogens (tertiary/aromatic N) is 1. The Balaban J connectivity index is 2.83. The summed E-state index contributed by atoms with van der Waals surface area (Å²) in [6, 6.07) is 7.18. The molecule has 23 heavy (non-hydrogen) atoms. The Kier molecular flexibility index (Phi) is 8.25. The lowest BCUT2D eigenvalue weighted by atomic mass is 10.1. The third-order valence-corrected chi connectivity index (χ3v) is 3.05. The second kappa shape index (κ2) is 10.2. The van der Waals surface area contributed by atoms with Gasteiger partial charge >= 0.3 is 0 Å². The lowest BCUT2D eigenvalue weighted by Gasteiger charge is -2.10. The molecule has 0 bridgehead atoms. The van der Waals surface area contributed by atoms with E-state index in [9.17, 15) is 10.1 Å². The number of rotatable bonds is 9. The van der Waals surface area contributed by atoms with E-state index in [2.05, 4.69) is 5.32 Å². The smallest absolute Gasteiger partial charge is 0.261 e. The van der Waals surface area contributed by atoms with E-state index < -0.39 is 5.91 Å². The lowest BCUT2D eigenvalue weighted by Crippen LogP contribution is -2.26. The standard InChI is InChI=1S/C17H22N2O4/c1-4-23-10-6-9-19-17(20)14(12-18)11-13-7-5-8-15(21-2)16(13)22-3/h5,7-8,11H,4,6,9-10H2,1-3H3,(H,19,20)/b14-11+. The molecule has 0 saturated heterocycles. The van der Waals surface area contributed by atoms with E-state index >= 15 is 0 Å². The summed E-state index contributed by atoms with van der Waals surface area (Å²) in [5.74, 6) is 0.594. The van der Waals surface area contributed by atoms with Gasteiger partial charge in [-0.2, -0.15) is 5.26 Å². The van der Waals surface area contributed by atoms with Crippen molar-refractivity contribution in [3.05, 3.63) is 29.3 Å². The van der Waals surface area contributed by atoms with Gasteiger partial charge in [-0.3, -0.25) is 4.79 Å². The summed E-state index contributed by atoms with van der Waals surface area (Å²) in [6.07, 6.45) is 2.18.